The first-order chi connectivity index (χ1) is 11.9. The van der Waals surface area contributed by atoms with Crippen LogP contribution in [0.2, 0.25) is 0 Å². The van der Waals surface area contributed by atoms with Crippen molar-refractivity contribution in [2.24, 2.45) is 0 Å². The lowest BCUT2D eigenvalue weighted by molar-refractivity contribution is 0.0950. The molecule has 0 saturated carbocycles. The van der Waals surface area contributed by atoms with E-state index in [0.29, 0.717) is 11.1 Å². The fraction of sp³-hybridized carbons (Fsp3) is 0.294. The van der Waals surface area contributed by atoms with Gasteiger partial charge in [-0.3, -0.25) is 4.79 Å². The Balaban J connectivity index is 2.17. The van der Waals surface area contributed by atoms with Crippen molar-refractivity contribution in [3.05, 3.63) is 53.7 Å². The zero-order valence-corrected chi connectivity index (χ0v) is 16.0. The topological polar surface area (TPSA) is 79.4 Å². The molecule has 0 bridgehead atoms. The molecule has 0 aliphatic heterocycles. The maximum atomic E-state index is 12.4. The summed E-state index contributed by atoms with van der Waals surface area (Å²) < 4.78 is 25.9. The number of nitrogens with zero attached hydrogens (tertiary/aromatic N) is 2. The van der Waals surface area contributed by atoms with Crippen molar-refractivity contribution in [1.82, 2.24) is 14.6 Å². The molecule has 25 heavy (non-hydrogen) atoms. The number of nitrogens with one attached hydrogen (secondary N) is 1. The quantitative estimate of drug-likeness (QED) is 0.747. The molecule has 8 heteroatoms. The molecule has 0 saturated heterocycles. The monoisotopic (exact) mass is 379 g/mol. The molecular weight excluding hydrogens is 358 g/mol. The fourth-order valence-electron chi connectivity index (χ4n) is 2.15. The third-order valence-electron chi connectivity index (χ3n) is 3.46. The van der Waals surface area contributed by atoms with E-state index >= 15 is 0 Å². The second kappa shape index (κ2) is 8.46. The summed E-state index contributed by atoms with van der Waals surface area (Å²) in [4.78, 5) is 16.7. The molecule has 2 rings (SSSR count). The van der Waals surface area contributed by atoms with Crippen molar-refractivity contribution in [3.63, 3.8) is 0 Å². The Kier molecular flexibility index (Phi) is 6.57. The van der Waals surface area contributed by atoms with Crippen molar-refractivity contribution in [2.75, 3.05) is 19.8 Å². The third kappa shape index (κ3) is 4.81. The van der Waals surface area contributed by atoms with Gasteiger partial charge in [0.1, 0.15) is 0 Å². The summed E-state index contributed by atoms with van der Waals surface area (Å²) in [5.74, 6) is 0.603. The van der Waals surface area contributed by atoms with Crippen molar-refractivity contribution >= 4 is 27.7 Å². The molecule has 1 aromatic heterocycles. The Morgan fingerprint density at radius 1 is 1.24 bits per heavy atom. The van der Waals surface area contributed by atoms with E-state index in [4.69, 9.17) is 0 Å². The van der Waals surface area contributed by atoms with Crippen LogP contribution in [0.5, 0.6) is 0 Å². The largest absolute Gasteiger partial charge is 0.348 e. The Bertz CT molecular complexity index is 852. The number of benzene rings is 1. The number of thioether (sulfide) groups is 1. The van der Waals surface area contributed by atoms with E-state index in [-0.39, 0.29) is 17.3 Å². The predicted molar refractivity (Wildman–Crippen MR) is 99.1 cm³/mol. The highest BCUT2D eigenvalue weighted by Crippen LogP contribution is 2.19. The molecule has 0 aliphatic rings. The average molecular weight is 380 g/mol. The van der Waals surface area contributed by atoms with Crippen LogP contribution >= 0.6 is 11.8 Å². The van der Waals surface area contributed by atoms with E-state index in [1.165, 1.54) is 14.1 Å². The molecule has 1 N–H and O–H groups in total. The summed E-state index contributed by atoms with van der Waals surface area (Å²) >= 11 is 1.55. The van der Waals surface area contributed by atoms with Crippen molar-refractivity contribution < 1.29 is 13.2 Å². The molecule has 134 valence electrons. The van der Waals surface area contributed by atoms with Crippen molar-refractivity contribution in [1.29, 1.82) is 0 Å². The summed E-state index contributed by atoms with van der Waals surface area (Å²) in [6.07, 6.45) is 1.59. The van der Waals surface area contributed by atoms with Crippen molar-refractivity contribution in [3.8, 4) is 0 Å². The number of aromatic nitrogens is 1. The fourth-order valence-corrected chi connectivity index (χ4v) is 3.91. The van der Waals surface area contributed by atoms with Gasteiger partial charge in [-0.15, -0.1) is 11.8 Å². The number of carbonyl (C=O) groups excluding carboxylic acids is 1. The highest BCUT2D eigenvalue weighted by atomic mass is 32.2. The normalized spacial score (nSPS) is 11.5. The van der Waals surface area contributed by atoms with E-state index in [9.17, 15) is 13.2 Å². The molecule has 0 unspecified atom stereocenters. The van der Waals surface area contributed by atoms with Crippen LogP contribution in [0.4, 0.5) is 0 Å². The van der Waals surface area contributed by atoms with Gasteiger partial charge in [0.05, 0.1) is 9.92 Å². The van der Waals surface area contributed by atoms with Gasteiger partial charge in [0, 0.05) is 32.4 Å². The van der Waals surface area contributed by atoms with Gasteiger partial charge in [0.15, 0.2) is 0 Å². The van der Waals surface area contributed by atoms with Gasteiger partial charge >= 0.3 is 0 Å². The number of amides is 1. The Hall–Kier alpha value is -1.90. The summed E-state index contributed by atoms with van der Waals surface area (Å²) in [5.41, 5.74) is 1.04. The SMILES string of the molecule is CCSc1cc(C(=O)NCc2ccccc2S(=O)(=O)N(C)C)ccn1. The minimum atomic E-state index is -3.57. The highest BCUT2D eigenvalue weighted by Gasteiger charge is 2.20. The molecule has 1 heterocycles. The Morgan fingerprint density at radius 2 is 1.96 bits per heavy atom. The van der Waals surface area contributed by atoms with Crippen LogP contribution in [0.15, 0.2) is 52.5 Å². The minimum Gasteiger partial charge on any atom is -0.348 e. The number of hydrogen-bond acceptors (Lipinski definition) is 5. The third-order valence-corrected chi connectivity index (χ3v) is 6.18. The maximum Gasteiger partial charge on any atom is 0.251 e. The molecule has 0 fully saturated rings. The molecular formula is C17H21N3O3S2. The summed E-state index contributed by atoms with van der Waals surface area (Å²) in [6, 6.07) is 10.0. The molecule has 0 aliphatic carbocycles. The summed E-state index contributed by atoms with van der Waals surface area (Å²) in [7, 11) is -0.604. The first kappa shape index (κ1) is 19.4. The Morgan fingerprint density at radius 3 is 2.64 bits per heavy atom. The molecule has 1 amide bonds. The highest BCUT2D eigenvalue weighted by molar-refractivity contribution is 7.99. The first-order valence-corrected chi connectivity index (χ1v) is 10.2. The lowest BCUT2D eigenvalue weighted by Gasteiger charge is -2.15. The van der Waals surface area contributed by atoms with Crippen LogP contribution in [-0.2, 0) is 16.6 Å². The molecule has 1 aromatic carbocycles. The van der Waals surface area contributed by atoms with Crippen molar-refractivity contribution in [2.45, 2.75) is 23.4 Å². The molecule has 6 nitrogen and oxygen atoms in total. The maximum absolute atomic E-state index is 12.4. The van der Waals surface area contributed by atoms with E-state index in [1.807, 2.05) is 6.92 Å². The summed E-state index contributed by atoms with van der Waals surface area (Å²) in [6.45, 7) is 2.14. The molecule has 0 spiro atoms. The number of carbonyl (C=O) groups is 1. The number of hydrogen-bond donors (Lipinski definition) is 1. The number of rotatable bonds is 7. The van der Waals surface area contributed by atoms with E-state index in [2.05, 4.69) is 10.3 Å². The standard InChI is InChI=1S/C17H21N3O3S2/c1-4-24-16-11-13(9-10-18-16)17(21)19-12-14-7-5-6-8-15(14)25(22,23)20(2)3/h5-11H,4,12H2,1-3H3,(H,19,21). The van der Waals surface area contributed by atoms with Crippen LogP contribution in [0.1, 0.15) is 22.8 Å². The second-order valence-electron chi connectivity index (χ2n) is 5.39. The van der Waals surface area contributed by atoms with E-state index < -0.39 is 10.0 Å². The molecule has 0 radical (unpaired) electrons. The second-order valence-corrected chi connectivity index (χ2v) is 8.80. The van der Waals surface area contributed by atoms with Gasteiger partial charge < -0.3 is 5.32 Å². The smallest absolute Gasteiger partial charge is 0.251 e. The van der Waals surface area contributed by atoms with Gasteiger partial charge in [-0.1, -0.05) is 25.1 Å². The van der Waals surface area contributed by atoms with Gasteiger partial charge in [-0.2, -0.15) is 0 Å². The zero-order chi connectivity index (χ0) is 18.4. The number of pyridine rings is 1. The van der Waals surface area contributed by atoms with Gasteiger partial charge in [0.2, 0.25) is 10.0 Å². The van der Waals surface area contributed by atoms with E-state index in [0.717, 1.165) is 15.1 Å². The number of sulfonamides is 1. The van der Waals surface area contributed by atoms with Crippen LogP contribution in [0.25, 0.3) is 0 Å². The van der Waals surface area contributed by atoms with Gasteiger partial charge in [0.25, 0.3) is 5.91 Å². The zero-order valence-electron chi connectivity index (χ0n) is 14.4. The van der Waals surface area contributed by atoms with Crippen LogP contribution < -0.4 is 5.32 Å². The van der Waals surface area contributed by atoms with E-state index in [1.54, 1.807) is 54.4 Å². The predicted octanol–water partition coefficient (Wildman–Crippen LogP) is 2.37. The minimum absolute atomic E-state index is 0.126. The van der Waals surface area contributed by atoms with Gasteiger partial charge in [-0.05, 0) is 29.5 Å². The molecule has 0 atom stereocenters. The lowest BCUT2D eigenvalue weighted by atomic mass is 10.2. The first-order valence-electron chi connectivity index (χ1n) is 7.73. The summed E-state index contributed by atoms with van der Waals surface area (Å²) in [5, 5.41) is 3.56. The van der Waals surface area contributed by atoms with Crippen LogP contribution in [-0.4, -0.2) is 43.5 Å². The Labute approximate surface area is 152 Å². The lowest BCUT2D eigenvalue weighted by Crippen LogP contribution is -2.27. The molecule has 2 aromatic rings. The van der Waals surface area contributed by atoms with Gasteiger partial charge in [-0.25, -0.2) is 17.7 Å². The van der Waals surface area contributed by atoms with Crippen LogP contribution in [0.3, 0.4) is 0 Å². The van der Waals surface area contributed by atoms with Crippen LogP contribution in [0, 0.1) is 0 Å². The average Bonchev–Trinajstić information content (AvgIpc) is 2.60.